The molecule has 0 atom stereocenters. The number of methoxy groups -OCH3 is 1. The number of ether oxygens (including phenoxy) is 2. The molecule has 1 heterocycles. The van der Waals surface area contributed by atoms with Crippen LogP contribution in [0.3, 0.4) is 0 Å². The van der Waals surface area contributed by atoms with E-state index in [-0.39, 0.29) is 35.0 Å². The number of amides is 1. The molecule has 180 valence electrons. The van der Waals surface area contributed by atoms with Crippen LogP contribution in [0.5, 0.6) is 5.75 Å². The van der Waals surface area contributed by atoms with E-state index in [4.69, 9.17) is 9.47 Å². The van der Waals surface area contributed by atoms with Gasteiger partial charge in [-0.25, -0.2) is 8.42 Å². The molecule has 0 N–H and O–H groups in total. The van der Waals surface area contributed by atoms with Gasteiger partial charge < -0.3 is 14.0 Å². The SMILES string of the molecule is CCOC(=O)Cn1c(=NC(=O)CCS(=O)(=O)c2ccc(OC)cc2)sc2ccc([N+](=O)[O-])cc21. The van der Waals surface area contributed by atoms with Crippen molar-refractivity contribution in [1.29, 1.82) is 0 Å². The predicted molar refractivity (Wildman–Crippen MR) is 123 cm³/mol. The fourth-order valence-corrected chi connectivity index (χ4v) is 5.29. The summed E-state index contributed by atoms with van der Waals surface area (Å²) in [6, 6.07) is 9.88. The van der Waals surface area contributed by atoms with Crippen LogP contribution in [0, 0.1) is 10.1 Å². The minimum absolute atomic E-state index is 0.0487. The number of non-ortho nitro benzene ring substituents is 1. The number of nitrogens with zero attached hydrogens (tertiary/aromatic N) is 3. The van der Waals surface area contributed by atoms with E-state index in [1.54, 1.807) is 6.92 Å². The fraction of sp³-hybridized carbons (Fsp3) is 0.286. The molecule has 3 aromatic rings. The number of carbonyl (C=O) groups is 2. The fourth-order valence-electron chi connectivity index (χ4n) is 3.03. The highest BCUT2D eigenvalue weighted by molar-refractivity contribution is 7.91. The quantitative estimate of drug-likeness (QED) is 0.244. The number of esters is 1. The number of benzene rings is 2. The van der Waals surface area contributed by atoms with Gasteiger partial charge in [0, 0.05) is 18.6 Å². The Hall–Kier alpha value is -3.58. The summed E-state index contributed by atoms with van der Waals surface area (Å²) in [6.45, 7) is 1.46. The number of sulfone groups is 1. The minimum Gasteiger partial charge on any atom is -0.497 e. The van der Waals surface area contributed by atoms with Gasteiger partial charge in [0.05, 0.1) is 39.5 Å². The first-order chi connectivity index (χ1) is 16.1. The van der Waals surface area contributed by atoms with Gasteiger partial charge in [0.25, 0.3) is 5.69 Å². The Labute approximate surface area is 198 Å². The highest BCUT2D eigenvalue weighted by atomic mass is 32.2. The molecule has 0 radical (unpaired) electrons. The average Bonchev–Trinajstić information content (AvgIpc) is 3.13. The Morgan fingerprint density at radius 2 is 1.88 bits per heavy atom. The van der Waals surface area contributed by atoms with Crippen LogP contribution in [-0.4, -0.2) is 49.3 Å². The molecule has 2 aromatic carbocycles. The van der Waals surface area contributed by atoms with Crippen LogP contribution in [0.4, 0.5) is 5.69 Å². The normalized spacial score (nSPS) is 12.0. The third kappa shape index (κ3) is 5.85. The van der Waals surface area contributed by atoms with Crippen LogP contribution in [0.15, 0.2) is 52.4 Å². The van der Waals surface area contributed by atoms with E-state index in [0.29, 0.717) is 16.0 Å². The van der Waals surface area contributed by atoms with Crippen molar-refractivity contribution in [3.63, 3.8) is 0 Å². The number of thiazole rings is 1. The van der Waals surface area contributed by atoms with Crippen molar-refractivity contribution in [1.82, 2.24) is 4.57 Å². The number of nitro groups is 1. The summed E-state index contributed by atoms with van der Waals surface area (Å²) < 4.78 is 37.0. The first kappa shape index (κ1) is 25.1. The van der Waals surface area contributed by atoms with Gasteiger partial charge in [-0.3, -0.25) is 19.7 Å². The summed E-state index contributed by atoms with van der Waals surface area (Å²) in [5, 5.41) is 11.2. The van der Waals surface area contributed by atoms with Crippen LogP contribution < -0.4 is 9.54 Å². The first-order valence-corrected chi connectivity index (χ1v) is 12.5. The Bertz CT molecular complexity index is 1410. The molecule has 0 saturated heterocycles. The summed E-state index contributed by atoms with van der Waals surface area (Å²) in [4.78, 5) is 39.3. The van der Waals surface area contributed by atoms with Crippen LogP contribution >= 0.6 is 11.3 Å². The maximum absolute atomic E-state index is 12.6. The van der Waals surface area contributed by atoms with Crippen LogP contribution in [0.1, 0.15) is 13.3 Å². The predicted octanol–water partition coefficient (Wildman–Crippen LogP) is 2.47. The van der Waals surface area contributed by atoms with Crippen molar-refractivity contribution in [3.05, 3.63) is 57.4 Å². The Morgan fingerprint density at radius 3 is 2.50 bits per heavy atom. The summed E-state index contributed by atoms with van der Waals surface area (Å²) in [7, 11) is -2.28. The van der Waals surface area contributed by atoms with E-state index < -0.39 is 32.4 Å². The summed E-state index contributed by atoms with van der Waals surface area (Å²) in [5.74, 6) is -1.28. The lowest BCUT2D eigenvalue weighted by atomic mass is 10.3. The van der Waals surface area contributed by atoms with Crippen molar-refractivity contribution < 1.29 is 32.4 Å². The van der Waals surface area contributed by atoms with Crippen molar-refractivity contribution in [2.75, 3.05) is 19.5 Å². The van der Waals surface area contributed by atoms with Crippen LogP contribution in [-0.2, 0) is 30.7 Å². The van der Waals surface area contributed by atoms with E-state index in [2.05, 4.69) is 4.99 Å². The molecule has 1 aromatic heterocycles. The third-order valence-corrected chi connectivity index (χ3v) is 7.48. The molecule has 0 saturated carbocycles. The number of aromatic nitrogens is 1. The smallest absolute Gasteiger partial charge is 0.326 e. The molecule has 0 bridgehead atoms. The molecule has 1 amide bonds. The van der Waals surface area contributed by atoms with E-state index in [9.17, 15) is 28.1 Å². The van der Waals surface area contributed by atoms with Crippen LogP contribution in [0.25, 0.3) is 10.2 Å². The first-order valence-electron chi connectivity index (χ1n) is 10.0. The van der Waals surface area contributed by atoms with Crippen LogP contribution in [0.2, 0.25) is 0 Å². The Balaban J connectivity index is 1.90. The molecule has 0 aliphatic rings. The zero-order valence-corrected chi connectivity index (χ0v) is 19.9. The lowest BCUT2D eigenvalue weighted by Crippen LogP contribution is -2.23. The molecule has 0 spiro atoms. The third-order valence-electron chi connectivity index (χ3n) is 4.69. The number of fused-ring (bicyclic) bond motifs is 1. The van der Waals surface area contributed by atoms with Gasteiger partial charge in [-0.1, -0.05) is 11.3 Å². The second kappa shape index (κ2) is 10.6. The lowest BCUT2D eigenvalue weighted by Gasteiger charge is -2.05. The molecular formula is C21H21N3O8S2. The van der Waals surface area contributed by atoms with Gasteiger partial charge in [-0.05, 0) is 37.3 Å². The Kier molecular flexibility index (Phi) is 7.79. The topological polar surface area (TPSA) is 147 Å². The van der Waals surface area contributed by atoms with Crippen molar-refractivity contribution in [2.45, 2.75) is 24.8 Å². The van der Waals surface area contributed by atoms with Gasteiger partial charge in [0.1, 0.15) is 12.3 Å². The Morgan fingerprint density at radius 1 is 1.18 bits per heavy atom. The summed E-state index contributed by atoms with van der Waals surface area (Å²) >= 11 is 1.05. The highest BCUT2D eigenvalue weighted by Gasteiger charge is 2.18. The summed E-state index contributed by atoms with van der Waals surface area (Å²) in [5.41, 5.74) is 0.149. The zero-order valence-electron chi connectivity index (χ0n) is 18.3. The molecule has 34 heavy (non-hydrogen) atoms. The molecule has 0 aliphatic carbocycles. The van der Waals surface area contributed by atoms with Gasteiger partial charge in [0.2, 0.25) is 5.91 Å². The van der Waals surface area contributed by atoms with Gasteiger partial charge in [-0.2, -0.15) is 4.99 Å². The molecule has 11 nitrogen and oxygen atoms in total. The maximum Gasteiger partial charge on any atom is 0.326 e. The van der Waals surface area contributed by atoms with E-state index in [0.717, 1.165) is 11.3 Å². The number of nitro benzene ring substituents is 1. The second-order valence-corrected chi connectivity index (χ2v) is 10.1. The average molecular weight is 508 g/mol. The van der Waals surface area contributed by atoms with Crippen molar-refractivity contribution in [2.24, 2.45) is 4.99 Å². The lowest BCUT2D eigenvalue weighted by molar-refractivity contribution is -0.384. The molecule has 0 fully saturated rings. The number of hydrogen-bond acceptors (Lipinski definition) is 9. The van der Waals surface area contributed by atoms with E-state index in [1.807, 2.05) is 0 Å². The number of hydrogen-bond donors (Lipinski definition) is 0. The minimum atomic E-state index is -3.74. The molecule has 0 aliphatic heterocycles. The van der Waals surface area contributed by atoms with Crippen molar-refractivity contribution in [3.8, 4) is 5.75 Å². The monoisotopic (exact) mass is 507 g/mol. The van der Waals surface area contributed by atoms with Gasteiger partial charge in [-0.15, -0.1) is 0 Å². The summed E-state index contributed by atoms with van der Waals surface area (Å²) in [6.07, 6.45) is -0.387. The molecule has 0 unspecified atom stereocenters. The molecule has 3 rings (SSSR count). The van der Waals surface area contributed by atoms with Crippen molar-refractivity contribution >= 4 is 49.0 Å². The zero-order chi connectivity index (χ0) is 24.9. The van der Waals surface area contributed by atoms with Gasteiger partial charge in [0.15, 0.2) is 14.6 Å². The van der Waals surface area contributed by atoms with E-state index >= 15 is 0 Å². The standard InChI is InChI=1S/C21H21N3O8S2/c1-3-32-20(26)13-23-17-12-14(24(27)28)4-9-18(17)33-21(23)22-19(25)10-11-34(29,30)16-7-5-15(31-2)6-8-16/h4-9,12H,3,10-11,13H2,1-2H3. The molecular weight excluding hydrogens is 486 g/mol. The maximum atomic E-state index is 12.6. The number of carbonyl (C=O) groups excluding carboxylic acids is 2. The van der Waals surface area contributed by atoms with E-state index in [1.165, 1.54) is 54.1 Å². The van der Waals surface area contributed by atoms with Gasteiger partial charge >= 0.3 is 5.97 Å². The highest BCUT2D eigenvalue weighted by Crippen LogP contribution is 2.23. The molecule has 13 heteroatoms. The largest absolute Gasteiger partial charge is 0.497 e. The number of rotatable bonds is 9. The second-order valence-electron chi connectivity index (χ2n) is 6.93.